The maximum Gasteiger partial charge on any atom is 0.410 e. The van der Waals surface area contributed by atoms with E-state index in [1.165, 1.54) is 11.1 Å². The Bertz CT molecular complexity index is 1520. The second-order valence-electron chi connectivity index (χ2n) is 13.1. The predicted molar refractivity (Wildman–Crippen MR) is 161 cm³/mol. The average molecular weight is 586 g/mol. The lowest BCUT2D eigenvalue weighted by molar-refractivity contribution is 0.0151. The van der Waals surface area contributed by atoms with Crippen molar-refractivity contribution in [3.63, 3.8) is 0 Å². The van der Waals surface area contributed by atoms with Crippen molar-refractivity contribution >= 4 is 18.2 Å². The number of piperidine rings is 1. The van der Waals surface area contributed by atoms with Crippen molar-refractivity contribution < 1.29 is 29.0 Å². The van der Waals surface area contributed by atoms with E-state index in [0.29, 0.717) is 13.1 Å². The number of carboxylic acid groups (broad SMARTS) is 1. The largest absolute Gasteiger partial charge is 0.477 e. The zero-order valence-electron chi connectivity index (χ0n) is 25.2. The Labute approximate surface area is 252 Å². The molecule has 2 amide bonds. The fourth-order valence-corrected chi connectivity index (χ4v) is 6.87. The van der Waals surface area contributed by atoms with Crippen LogP contribution in [0.3, 0.4) is 0 Å². The normalized spacial score (nSPS) is 18.6. The first-order valence-electron chi connectivity index (χ1n) is 14.9. The van der Waals surface area contributed by atoms with E-state index >= 15 is 0 Å². The highest BCUT2D eigenvalue weighted by Gasteiger charge is 2.59. The van der Waals surface area contributed by atoms with Gasteiger partial charge in [-0.25, -0.2) is 14.4 Å². The van der Waals surface area contributed by atoms with Crippen LogP contribution in [-0.2, 0) is 23.1 Å². The predicted octanol–water partition coefficient (Wildman–Crippen LogP) is 6.26. The fraction of sp³-hybridized carbons (Fsp3) is 0.441. The minimum absolute atomic E-state index is 0.0567. The highest BCUT2D eigenvalue weighted by molar-refractivity contribution is 5.86. The minimum atomic E-state index is -1.01. The van der Waals surface area contributed by atoms with E-state index in [-0.39, 0.29) is 42.3 Å². The van der Waals surface area contributed by atoms with Crippen molar-refractivity contribution in [3.05, 3.63) is 83.2 Å². The molecule has 43 heavy (non-hydrogen) atoms. The van der Waals surface area contributed by atoms with Gasteiger partial charge in [0, 0.05) is 38.3 Å². The standard InChI is InChI=1S/C34H39N3O6/c1-33(2,3)43-31(40)36-15-13-34(14-16-36)18-29(34)37(20-22-17-28(30(38)39)35(4)19-22)32(41)42-21-27-25-11-7-5-9-23(25)24-10-6-8-12-26(24)27/h5-12,17,19,27,29H,13-16,18,20-21H2,1-4H3,(H,38,39). The number of carboxylic acids is 1. The summed E-state index contributed by atoms with van der Waals surface area (Å²) in [5.74, 6) is -1.07. The Morgan fingerprint density at radius 1 is 1.00 bits per heavy atom. The molecule has 3 aliphatic rings. The first kappa shape index (κ1) is 28.8. The second-order valence-corrected chi connectivity index (χ2v) is 13.1. The molecule has 1 atom stereocenters. The first-order valence-corrected chi connectivity index (χ1v) is 14.9. The van der Waals surface area contributed by atoms with Crippen LogP contribution in [0.1, 0.15) is 73.1 Å². The number of hydrogen-bond donors (Lipinski definition) is 1. The molecule has 0 bridgehead atoms. The van der Waals surface area contributed by atoms with Crippen LogP contribution >= 0.6 is 0 Å². The Kier molecular flexibility index (Phi) is 7.22. The molecule has 1 spiro atoms. The van der Waals surface area contributed by atoms with Crippen molar-refractivity contribution in [2.75, 3.05) is 19.7 Å². The van der Waals surface area contributed by atoms with Crippen molar-refractivity contribution in [3.8, 4) is 11.1 Å². The van der Waals surface area contributed by atoms with E-state index in [1.54, 1.807) is 33.7 Å². The molecule has 2 fully saturated rings. The van der Waals surface area contributed by atoms with E-state index in [2.05, 4.69) is 24.3 Å². The molecule has 0 radical (unpaired) electrons. The summed E-state index contributed by atoms with van der Waals surface area (Å²) in [4.78, 5) is 41.8. The van der Waals surface area contributed by atoms with E-state index < -0.39 is 17.7 Å². The molecule has 1 N–H and O–H groups in total. The van der Waals surface area contributed by atoms with Gasteiger partial charge in [-0.2, -0.15) is 0 Å². The number of aryl methyl sites for hydroxylation is 1. The van der Waals surface area contributed by atoms with E-state index in [0.717, 1.165) is 36.0 Å². The first-order chi connectivity index (χ1) is 20.5. The number of rotatable bonds is 6. The maximum absolute atomic E-state index is 13.9. The third kappa shape index (κ3) is 5.60. The zero-order chi connectivity index (χ0) is 30.5. The molecule has 3 aromatic rings. The molecule has 2 heterocycles. The molecule has 1 unspecified atom stereocenters. The number of benzene rings is 2. The summed E-state index contributed by atoms with van der Waals surface area (Å²) in [5, 5.41) is 9.58. The van der Waals surface area contributed by atoms with Crippen molar-refractivity contribution in [1.82, 2.24) is 14.4 Å². The van der Waals surface area contributed by atoms with Gasteiger partial charge in [-0.05, 0) is 79.3 Å². The summed E-state index contributed by atoms with van der Waals surface area (Å²) in [7, 11) is 1.69. The molecule has 2 aliphatic carbocycles. The summed E-state index contributed by atoms with van der Waals surface area (Å²) in [6, 6.07) is 18.0. The monoisotopic (exact) mass is 585 g/mol. The lowest BCUT2D eigenvalue weighted by Crippen LogP contribution is -2.44. The highest BCUT2D eigenvalue weighted by Crippen LogP contribution is 2.57. The summed E-state index contributed by atoms with van der Waals surface area (Å²) < 4.78 is 13.2. The van der Waals surface area contributed by atoms with Crippen LogP contribution in [0, 0.1) is 5.41 Å². The van der Waals surface area contributed by atoms with Gasteiger partial charge in [0.1, 0.15) is 17.9 Å². The molecule has 1 aliphatic heterocycles. The SMILES string of the molecule is Cn1cc(CN(C(=O)OCC2c3ccccc3-c3ccccc32)C2CC23CCN(C(=O)OC(C)(C)C)CC3)cc1C(=O)O. The molecule has 9 heteroatoms. The van der Waals surface area contributed by atoms with E-state index in [4.69, 9.17) is 9.47 Å². The zero-order valence-corrected chi connectivity index (χ0v) is 25.2. The number of likely N-dealkylation sites (tertiary alicyclic amines) is 1. The van der Waals surface area contributed by atoms with E-state index in [9.17, 15) is 19.5 Å². The number of amides is 2. The van der Waals surface area contributed by atoms with Gasteiger partial charge in [0.25, 0.3) is 0 Å². The van der Waals surface area contributed by atoms with Crippen LogP contribution in [0.5, 0.6) is 0 Å². The number of carbonyl (C=O) groups excluding carboxylic acids is 2. The fourth-order valence-electron chi connectivity index (χ4n) is 6.87. The van der Waals surface area contributed by atoms with Crippen LogP contribution < -0.4 is 0 Å². The third-order valence-corrected chi connectivity index (χ3v) is 9.14. The molecule has 6 rings (SSSR count). The van der Waals surface area contributed by atoms with Gasteiger partial charge < -0.3 is 28.9 Å². The number of aromatic nitrogens is 1. The quantitative estimate of drug-likeness (QED) is 0.366. The van der Waals surface area contributed by atoms with Gasteiger partial charge in [-0.3, -0.25) is 0 Å². The van der Waals surface area contributed by atoms with Crippen molar-refractivity contribution in [2.24, 2.45) is 12.5 Å². The summed E-state index contributed by atoms with van der Waals surface area (Å²) in [6.07, 6.45) is 3.39. The molecule has 1 saturated heterocycles. The Balaban J connectivity index is 1.19. The third-order valence-electron chi connectivity index (χ3n) is 9.14. The molecular weight excluding hydrogens is 546 g/mol. The number of aromatic carboxylic acids is 1. The smallest absolute Gasteiger partial charge is 0.410 e. The van der Waals surface area contributed by atoms with Gasteiger partial charge in [0.05, 0.1) is 6.54 Å². The number of ether oxygens (including phenoxy) is 2. The van der Waals surface area contributed by atoms with Crippen LogP contribution in [0.15, 0.2) is 60.8 Å². The maximum atomic E-state index is 13.9. The second kappa shape index (κ2) is 10.8. The number of hydrogen-bond acceptors (Lipinski definition) is 5. The molecule has 1 saturated carbocycles. The number of nitrogens with zero attached hydrogens (tertiary/aromatic N) is 3. The van der Waals surface area contributed by atoms with Crippen LogP contribution in [0.25, 0.3) is 11.1 Å². The highest BCUT2D eigenvalue weighted by atomic mass is 16.6. The van der Waals surface area contributed by atoms with Crippen molar-refractivity contribution in [2.45, 2.75) is 64.1 Å². The molecule has 2 aromatic carbocycles. The van der Waals surface area contributed by atoms with Gasteiger partial charge in [0.15, 0.2) is 0 Å². The molecule has 1 aromatic heterocycles. The van der Waals surface area contributed by atoms with Crippen molar-refractivity contribution in [1.29, 1.82) is 0 Å². The van der Waals surface area contributed by atoms with Crippen LogP contribution in [-0.4, -0.2) is 69.0 Å². The molecular formula is C34H39N3O6. The summed E-state index contributed by atoms with van der Waals surface area (Å²) in [6.45, 7) is 7.18. The van der Waals surface area contributed by atoms with Gasteiger partial charge in [-0.1, -0.05) is 48.5 Å². The average Bonchev–Trinajstić information content (AvgIpc) is 3.35. The summed E-state index contributed by atoms with van der Waals surface area (Å²) >= 11 is 0. The molecule has 9 nitrogen and oxygen atoms in total. The topological polar surface area (TPSA) is 101 Å². The van der Waals surface area contributed by atoms with Gasteiger partial charge in [0.2, 0.25) is 0 Å². The van der Waals surface area contributed by atoms with E-state index in [1.807, 2.05) is 45.0 Å². The van der Waals surface area contributed by atoms with Crippen LogP contribution in [0.4, 0.5) is 9.59 Å². The number of fused-ring (bicyclic) bond motifs is 3. The number of carbonyl (C=O) groups is 3. The lowest BCUT2D eigenvalue weighted by Gasteiger charge is -2.35. The minimum Gasteiger partial charge on any atom is -0.477 e. The van der Waals surface area contributed by atoms with Gasteiger partial charge in [-0.15, -0.1) is 0 Å². The lowest BCUT2D eigenvalue weighted by atomic mass is 9.92. The summed E-state index contributed by atoms with van der Waals surface area (Å²) in [5.41, 5.74) is 4.87. The molecule has 226 valence electrons. The van der Waals surface area contributed by atoms with Gasteiger partial charge >= 0.3 is 18.2 Å². The Hall–Kier alpha value is -4.27. The Morgan fingerprint density at radius 3 is 2.16 bits per heavy atom. The Morgan fingerprint density at radius 2 is 1.60 bits per heavy atom. The van der Waals surface area contributed by atoms with Crippen LogP contribution in [0.2, 0.25) is 0 Å².